The molecule has 25 heavy (non-hydrogen) atoms. The van der Waals surface area contributed by atoms with Crippen LogP contribution >= 0.6 is 11.6 Å². The van der Waals surface area contributed by atoms with Crippen molar-refractivity contribution >= 4 is 17.5 Å². The second kappa shape index (κ2) is 9.47. The molecule has 2 aromatic carbocycles. The third kappa shape index (κ3) is 6.09. The number of hydrogen-bond acceptors (Lipinski definition) is 2. The number of methoxy groups -OCH3 is 1. The van der Waals surface area contributed by atoms with Crippen molar-refractivity contribution in [3.63, 3.8) is 0 Å². The molecule has 0 fully saturated rings. The Kier molecular flexibility index (Phi) is 7.32. The van der Waals surface area contributed by atoms with Gasteiger partial charge in [0.25, 0.3) is 0 Å². The Morgan fingerprint density at radius 1 is 1.12 bits per heavy atom. The van der Waals surface area contributed by atoms with Gasteiger partial charge >= 0.3 is 0 Å². The SMILES string of the molecule is COc1ccc([C@H](CC(C)C)NC(=O)CCc2ccccc2Cl)cc1. The first-order valence-corrected chi connectivity index (χ1v) is 9.04. The number of benzene rings is 2. The Labute approximate surface area is 155 Å². The maximum atomic E-state index is 12.4. The number of halogens is 1. The zero-order valence-electron chi connectivity index (χ0n) is 15.1. The minimum absolute atomic E-state index is 0.00431. The number of carbonyl (C=O) groups excluding carboxylic acids is 1. The summed E-state index contributed by atoms with van der Waals surface area (Å²) in [6.07, 6.45) is 1.96. The van der Waals surface area contributed by atoms with Gasteiger partial charge in [0.15, 0.2) is 0 Å². The molecule has 0 aliphatic carbocycles. The van der Waals surface area contributed by atoms with E-state index in [0.717, 1.165) is 23.3 Å². The molecule has 0 unspecified atom stereocenters. The minimum Gasteiger partial charge on any atom is -0.497 e. The molecule has 0 aliphatic heterocycles. The highest BCUT2D eigenvalue weighted by Gasteiger charge is 2.16. The van der Waals surface area contributed by atoms with E-state index >= 15 is 0 Å². The second-order valence-corrected chi connectivity index (χ2v) is 7.02. The maximum absolute atomic E-state index is 12.4. The van der Waals surface area contributed by atoms with Gasteiger partial charge in [-0.2, -0.15) is 0 Å². The van der Waals surface area contributed by atoms with Crippen molar-refractivity contribution in [2.24, 2.45) is 5.92 Å². The van der Waals surface area contributed by atoms with Crippen LogP contribution in [0.3, 0.4) is 0 Å². The van der Waals surface area contributed by atoms with Crippen LogP contribution in [0.2, 0.25) is 5.02 Å². The number of ether oxygens (including phenoxy) is 1. The van der Waals surface area contributed by atoms with Crippen LogP contribution in [0.1, 0.15) is 43.9 Å². The summed E-state index contributed by atoms with van der Waals surface area (Å²) in [5.41, 5.74) is 2.10. The van der Waals surface area contributed by atoms with Crippen LogP contribution in [0.15, 0.2) is 48.5 Å². The largest absolute Gasteiger partial charge is 0.497 e. The third-order valence-corrected chi connectivity index (χ3v) is 4.51. The molecule has 0 saturated heterocycles. The molecule has 134 valence electrons. The number of carbonyl (C=O) groups is 1. The Morgan fingerprint density at radius 2 is 1.80 bits per heavy atom. The molecule has 2 aromatic rings. The molecule has 0 bridgehead atoms. The summed E-state index contributed by atoms with van der Waals surface area (Å²) in [7, 11) is 1.65. The van der Waals surface area contributed by atoms with Crippen LogP contribution in [0.25, 0.3) is 0 Å². The monoisotopic (exact) mass is 359 g/mol. The van der Waals surface area contributed by atoms with Crippen molar-refractivity contribution in [2.45, 2.75) is 39.2 Å². The molecule has 0 radical (unpaired) electrons. The molecule has 1 amide bonds. The van der Waals surface area contributed by atoms with Crippen LogP contribution in [0.4, 0.5) is 0 Å². The molecule has 2 rings (SSSR count). The summed E-state index contributed by atoms with van der Waals surface area (Å²) in [4.78, 5) is 12.4. The number of amides is 1. The van der Waals surface area contributed by atoms with Crippen molar-refractivity contribution < 1.29 is 9.53 Å². The number of hydrogen-bond donors (Lipinski definition) is 1. The molecule has 0 aromatic heterocycles. The van der Waals surface area contributed by atoms with Crippen molar-refractivity contribution in [2.75, 3.05) is 7.11 Å². The van der Waals surface area contributed by atoms with E-state index in [9.17, 15) is 4.79 Å². The zero-order valence-corrected chi connectivity index (χ0v) is 15.8. The van der Waals surface area contributed by atoms with E-state index in [1.54, 1.807) is 7.11 Å². The van der Waals surface area contributed by atoms with E-state index in [2.05, 4.69) is 19.2 Å². The fourth-order valence-corrected chi connectivity index (χ4v) is 3.03. The van der Waals surface area contributed by atoms with Gasteiger partial charge in [-0.25, -0.2) is 0 Å². The number of aryl methyl sites for hydroxylation is 1. The van der Waals surface area contributed by atoms with E-state index < -0.39 is 0 Å². The lowest BCUT2D eigenvalue weighted by atomic mass is 9.96. The number of nitrogens with one attached hydrogen (secondary N) is 1. The smallest absolute Gasteiger partial charge is 0.220 e. The fourth-order valence-electron chi connectivity index (χ4n) is 2.80. The predicted octanol–water partition coefficient (Wildman–Crippen LogP) is 5.18. The highest BCUT2D eigenvalue weighted by Crippen LogP contribution is 2.24. The summed E-state index contributed by atoms with van der Waals surface area (Å²) >= 11 is 6.16. The van der Waals surface area contributed by atoms with Gasteiger partial charge < -0.3 is 10.1 Å². The molecule has 3 nitrogen and oxygen atoms in total. The molecule has 0 aliphatic rings. The van der Waals surface area contributed by atoms with Crippen molar-refractivity contribution in [1.29, 1.82) is 0 Å². The lowest BCUT2D eigenvalue weighted by Crippen LogP contribution is -2.29. The topological polar surface area (TPSA) is 38.3 Å². The molecule has 0 saturated carbocycles. The Balaban J connectivity index is 2.00. The first kappa shape index (κ1) is 19.3. The average Bonchev–Trinajstić information content (AvgIpc) is 2.60. The molecule has 1 N–H and O–H groups in total. The van der Waals surface area contributed by atoms with Gasteiger partial charge in [-0.1, -0.05) is 55.8 Å². The molecular formula is C21H26ClNO2. The quantitative estimate of drug-likeness (QED) is 0.704. The first-order valence-electron chi connectivity index (χ1n) is 8.66. The summed E-state index contributed by atoms with van der Waals surface area (Å²) in [6.45, 7) is 4.32. The van der Waals surface area contributed by atoms with Gasteiger partial charge in [-0.15, -0.1) is 0 Å². The van der Waals surface area contributed by atoms with E-state index in [1.807, 2.05) is 48.5 Å². The molecule has 0 heterocycles. The molecular weight excluding hydrogens is 334 g/mol. The highest BCUT2D eigenvalue weighted by molar-refractivity contribution is 6.31. The second-order valence-electron chi connectivity index (χ2n) is 6.61. The number of rotatable bonds is 8. The van der Waals surface area contributed by atoms with Crippen LogP contribution < -0.4 is 10.1 Å². The Bertz CT molecular complexity index is 683. The maximum Gasteiger partial charge on any atom is 0.220 e. The summed E-state index contributed by atoms with van der Waals surface area (Å²) in [5, 5.41) is 3.88. The van der Waals surface area contributed by atoms with Crippen molar-refractivity contribution in [3.05, 3.63) is 64.7 Å². The molecule has 0 spiro atoms. The van der Waals surface area contributed by atoms with Crippen LogP contribution in [0.5, 0.6) is 5.75 Å². The lowest BCUT2D eigenvalue weighted by Gasteiger charge is -2.21. The summed E-state index contributed by atoms with van der Waals surface area (Å²) in [5.74, 6) is 1.34. The molecule has 4 heteroatoms. The lowest BCUT2D eigenvalue weighted by molar-refractivity contribution is -0.121. The normalized spacial score (nSPS) is 12.0. The van der Waals surface area contributed by atoms with E-state index in [1.165, 1.54) is 0 Å². The minimum atomic E-state index is 0.00431. The zero-order chi connectivity index (χ0) is 18.2. The predicted molar refractivity (Wildman–Crippen MR) is 103 cm³/mol. The molecule has 1 atom stereocenters. The van der Waals surface area contributed by atoms with Gasteiger partial charge in [0.05, 0.1) is 13.2 Å². The average molecular weight is 360 g/mol. The summed E-state index contributed by atoms with van der Waals surface area (Å²) in [6, 6.07) is 15.5. The van der Waals surface area contributed by atoms with Crippen LogP contribution in [-0.2, 0) is 11.2 Å². The van der Waals surface area contributed by atoms with Crippen molar-refractivity contribution in [3.8, 4) is 5.75 Å². The third-order valence-electron chi connectivity index (χ3n) is 4.14. The van der Waals surface area contributed by atoms with Gasteiger partial charge in [0.2, 0.25) is 5.91 Å². The standard InChI is InChI=1S/C21H26ClNO2/c1-15(2)14-20(17-8-11-18(25-3)12-9-17)23-21(24)13-10-16-6-4-5-7-19(16)22/h4-9,11-12,15,20H,10,13-14H2,1-3H3,(H,23,24)/t20-/m0/s1. The Morgan fingerprint density at radius 3 is 2.40 bits per heavy atom. The van der Waals surface area contributed by atoms with Crippen LogP contribution in [-0.4, -0.2) is 13.0 Å². The Hall–Kier alpha value is -2.00. The van der Waals surface area contributed by atoms with Gasteiger partial charge in [-0.05, 0) is 48.1 Å². The first-order chi connectivity index (χ1) is 12.0. The van der Waals surface area contributed by atoms with E-state index in [0.29, 0.717) is 23.8 Å². The van der Waals surface area contributed by atoms with Gasteiger partial charge in [0.1, 0.15) is 5.75 Å². The van der Waals surface area contributed by atoms with Crippen LogP contribution in [0, 0.1) is 5.92 Å². The van der Waals surface area contributed by atoms with Gasteiger partial charge in [-0.3, -0.25) is 4.79 Å². The fraction of sp³-hybridized carbons (Fsp3) is 0.381. The van der Waals surface area contributed by atoms with Gasteiger partial charge in [0, 0.05) is 11.4 Å². The summed E-state index contributed by atoms with van der Waals surface area (Å²) < 4.78 is 5.21. The highest BCUT2D eigenvalue weighted by atomic mass is 35.5. The van der Waals surface area contributed by atoms with E-state index in [-0.39, 0.29) is 11.9 Å². The van der Waals surface area contributed by atoms with Crippen molar-refractivity contribution in [1.82, 2.24) is 5.32 Å². The van der Waals surface area contributed by atoms with E-state index in [4.69, 9.17) is 16.3 Å².